The number of carbonyl (C=O) groups is 1. The van der Waals surface area contributed by atoms with Crippen LogP contribution in [0.2, 0.25) is 0 Å². The van der Waals surface area contributed by atoms with Gasteiger partial charge in [0.05, 0.1) is 10.7 Å². The van der Waals surface area contributed by atoms with Crippen LogP contribution in [-0.2, 0) is 0 Å². The highest BCUT2D eigenvalue weighted by Gasteiger charge is 2.26. The highest BCUT2D eigenvalue weighted by molar-refractivity contribution is 7.13. The molecule has 0 radical (unpaired) electrons. The third-order valence-electron chi connectivity index (χ3n) is 5.07. The van der Waals surface area contributed by atoms with Gasteiger partial charge in [0, 0.05) is 43.9 Å². The van der Waals surface area contributed by atoms with E-state index in [1.54, 1.807) is 6.20 Å². The largest absolute Gasteiger partial charge is 0.353 e. The number of amides is 1. The lowest BCUT2D eigenvalue weighted by molar-refractivity contribution is 0.0750. The lowest BCUT2D eigenvalue weighted by atomic mass is 10.2. The van der Waals surface area contributed by atoms with Crippen molar-refractivity contribution in [3.63, 3.8) is 0 Å². The first-order chi connectivity index (χ1) is 14.0. The molecule has 1 fully saturated rings. The molecule has 0 unspecified atom stereocenters. The van der Waals surface area contributed by atoms with Crippen LogP contribution in [0.1, 0.15) is 40.1 Å². The van der Waals surface area contributed by atoms with Crippen molar-refractivity contribution in [2.24, 2.45) is 0 Å². The number of aryl methyl sites for hydroxylation is 1. The van der Waals surface area contributed by atoms with Crippen molar-refractivity contribution < 1.29 is 4.79 Å². The molecule has 0 atom stereocenters. The number of nitrogens with zero attached hydrogens (tertiary/aromatic N) is 5. The molecule has 6 nitrogen and oxygen atoms in total. The van der Waals surface area contributed by atoms with Gasteiger partial charge >= 0.3 is 0 Å². The molecule has 29 heavy (non-hydrogen) atoms. The van der Waals surface area contributed by atoms with E-state index in [2.05, 4.69) is 28.7 Å². The van der Waals surface area contributed by atoms with Gasteiger partial charge in [-0.1, -0.05) is 44.2 Å². The Balaban J connectivity index is 1.44. The average molecular weight is 408 g/mol. The van der Waals surface area contributed by atoms with Crippen LogP contribution in [0, 0.1) is 6.92 Å². The number of thiazole rings is 1. The van der Waals surface area contributed by atoms with Crippen LogP contribution in [0.25, 0.3) is 11.4 Å². The van der Waals surface area contributed by atoms with E-state index in [0.29, 0.717) is 19.0 Å². The first-order valence-electron chi connectivity index (χ1n) is 9.93. The first-order valence-corrected chi connectivity index (χ1v) is 10.7. The average Bonchev–Trinajstić information content (AvgIpc) is 3.16. The zero-order chi connectivity index (χ0) is 20.4. The number of hydrogen-bond acceptors (Lipinski definition) is 6. The van der Waals surface area contributed by atoms with Crippen molar-refractivity contribution in [1.82, 2.24) is 19.9 Å². The number of rotatable bonds is 4. The number of piperazine rings is 1. The minimum Gasteiger partial charge on any atom is -0.353 e. The third kappa shape index (κ3) is 4.15. The predicted molar refractivity (Wildman–Crippen MR) is 117 cm³/mol. The van der Waals surface area contributed by atoms with Crippen LogP contribution in [-0.4, -0.2) is 51.9 Å². The van der Waals surface area contributed by atoms with Gasteiger partial charge < -0.3 is 9.80 Å². The Morgan fingerprint density at radius 1 is 1.03 bits per heavy atom. The summed E-state index contributed by atoms with van der Waals surface area (Å²) < 4.78 is 0. The molecule has 1 amide bonds. The lowest BCUT2D eigenvalue weighted by Gasteiger charge is -2.35. The molecule has 4 rings (SSSR count). The molecular formula is C22H25N5OS. The van der Waals surface area contributed by atoms with Crippen LogP contribution in [0.4, 0.5) is 5.82 Å². The normalized spacial score (nSPS) is 14.5. The van der Waals surface area contributed by atoms with Gasteiger partial charge in [0.15, 0.2) is 5.82 Å². The van der Waals surface area contributed by atoms with Gasteiger partial charge in [-0.05, 0) is 13.0 Å². The molecule has 0 N–H and O–H groups in total. The van der Waals surface area contributed by atoms with Crippen molar-refractivity contribution >= 4 is 23.1 Å². The topological polar surface area (TPSA) is 62.2 Å². The second-order valence-corrected chi connectivity index (χ2v) is 8.54. The smallest absolute Gasteiger partial charge is 0.265 e. The molecule has 0 aliphatic carbocycles. The number of anilines is 1. The van der Waals surface area contributed by atoms with Crippen LogP contribution >= 0.6 is 11.3 Å². The summed E-state index contributed by atoms with van der Waals surface area (Å²) in [5.41, 5.74) is 1.85. The molecule has 7 heteroatoms. The summed E-state index contributed by atoms with van der Waals surface area (Å²) in [5, 5.41) is 1.03. The third-order valence-corrected chi connectivity index (χ3v) is 6.51. The van der Waals surface area contributed by atoms with E-state index in [-0.39, 0.29) is 5.91 Å². The van der Waals surface area contributed by atoms with Crippen LogP contribution < -0.4 is 4.90 Å². The summed E-state index contributed by atoms with van der Waals surface area (Å²) in [7, 11) is 0. The van der Waals surface area contributed by atoms with E-state index >= 15 is 0 Å². The van der Waals surface area contributed by atoms with Crippen LogP contribution in [0.15, 0.2) is 42.6 Å². The Labute approximate surface area is 175 Å². The van der Waals surface area contributed by atoms with Crippen molar-refractivity contribution in [3.8, 4) is 11.4 Å². The van der Waals surface area contributed by atoms with E-state index < -0.39 is 0 Å². The fraction of sp³-hybridized carbons (Fsp3) is 0.364. The summed E-state index contributed by atoms with van der Waals surface area (Å²) in [6.07, 6.45) is 1.80. The minimum atomic E-state index is 0.0965. The molecule has 3 heterocycles. The van der Waals surface area contributed by atoms with Crippen molar-refractivity contribution in [2.75, 3.05) is 31.1 Å². The standard InChI is InChI=1S/C22H25N5OS/c1-15(2)21-24-16(3)19(29-21)22(28)27-13-11-26(12-14-27)18-9-10-23-20(25-18)17-7-5-4-6-8-17/h4-10,15H,11-14H2,1-3H3. The molecule has 1 aromatic carbocycles. The Hall–Kier alpha value is -2.80. The maximum Gasteiger partial charge on any atom is 0.265 e. The van der Waals surface area contributed by atoms with Crippen LogP contribution in [0.3, 0.4) is 0 Å². The van der Waals surface area contributed by atoms with E-state index in [4.69, 9.17) is 4.98 Å². The molecular weight excluding hydrogens is 382 g/mol. The van der Waals surface area contributed by atoms with Gasteiger partial charge in [-0.3, -0.25) is 4.79 Å². The zero-order valence-corrected chi connectivity index (χ0v) is 17.8. The van der Waals surface area contributed by atoms with E-state index in [1.807, 2.05) is 48.2 Å². The molecule has 0 saturated carbocycles. The number of benzene rings is 1. The second-order valence-electron chi connectivity index (χ2n) is 7.51. The van der Waals surface area contributed by atoms with Gasteiger partial charge in [-0.2, -0.15) is 0 Å². The fourth-order valence-corrected chi connectivity index (χ4v) is 4.43. The maximum absolute atomic E-state index is 13.0. The van der Waals surface area contributed by atoms with Gasteiger partial charge in [0.2, 0.25) is 0 Å². The number of hydrogen-bond donors (Lipinski definition) is 0. The SMILES string of the molecule is Cc1nc(C(C)C)sc1C(=O)N1CCN(c2ccnc(-c3ccccc3)n2)CC1. The van der Waals surface area contributed by atoms with Gasteiger partial charge in [0.1, 0.15) is 10.7 Å². The summed E-state index contributed by atoms with van der Waals surface area (Å²) in [6.45, 7) is 9.01. The monoisotopic (exact) mass is 407 g/mol. The van der Waals surface area contributed by atoms with E-state index in [0.717, 1.165) is 45.9 Å². The Bertz CT molecular complexity index is 993. The highest BCUT2D eigenvalue weighted by Crippen LogP contribution is 2.26. The van der Waals surface area contributed by atoms with E-state index in [9.17, 15) is 4.79 Å². The molecule has 1 aliphatic rings. The Kier molecular flexibility index (Phi) is 5.58. The lowest BCUT2D eigenvalue weighted by Crippen LogP contribution is -2.49. The summed E-state index contributed by atoms with van der Waals surface area (Å²) in [4.78, 5) is 31.6. The summed E-state index contributed by atoms with van der Waals surface area (Å²) in [5.74, 6) is 2.07. The predicted octanol–water partition coefficient (Wildman–Crippen LogP) is 3.99. The summed E-state index contributed by atoms with van der Waals surface area (Å²) in [6, 6.07) is 11.9. The maximum atomic E-state index is 13.0. The molecule has 150 valence electrons. The van der Waals surface area contributed by atoms with Crippen LogP contribution in [0.5, 0.6) is 0 Å². The van der Waals surface area contributed by atoms with E-state index in [1.165, 1.54) is 11.3 Å². The summed E-state index contributed by atoms with van der Waals surface area (Å²) >= 11 is 1.53. The van der Waals surface area contributed by atoms with Crippen molar-refractivity contribution in [1.29, 1.82) is 0 Å². The van der Waals surface area contributed by atoms with Gasteiger partial charge in [0.25, 0.3) is 5.91 Å². The molecule has 2 aromatic heterocycles. The molecule has 1 aliphatic heterocycles. The van der Waals surface area contributed by atoms with Gasteiger partial charge in [-0.25, -0.2) is 15.0 Å². The Morgan fingerprint density at radius 2 is 1.76 bits per heavy atom. The fourth-order valence-electron chi connectivity index (χ4n) is 3.40. The first kappa shape index (κ1) is 19.5. The van der Waals surface area contributed by atoms with Crippen molar-refractivity contribution in [3.05, 3.63) is 58.2 Å². The second kappa shape index (κ2) is 8.29. The molecule has 0 spiro atoms. The zero-order valence-electron chi connectivity index (χ0n) is 17.0. The number of aromatic nitrogens is 3. The van der Waals surface area contributed by atoms with Gasteiger partial charge in [-0.15, -0.1) is 11.3 Å². The quantitative estimate of drug-likeness (QED) is 0.654. The molecule has 0 bridgehead atoms. The number of carbonyl (C=O) groups excluding carboxylic acids is 1. The van der Waals surface area contributed by atoms with Crippen molar-refractivity contribution in [2.45, 2.75) is 26.7 Å². The minimum absolute atomic E-state index is 0.0965. The molecule has 3 aromatic rings. The highest BCUT2D eigenvalue weighted by atomic mass is 32.1. The Morgan fingerprint density at radius 3 is 2.41 bits per heavy atom. The molecule has 1 saturated heterocycles.